The molecule has 2 aromatic carbocycles. The van der Waals surface area contributed by atoms with E-state index in [4.69, 9.17) is 11.6 Å². The van der Waals surface area contributed by atoms with Crippen molar-refractivity contribution < 1.29 is 8.42 Å². The van der Waals surface area contributed by atoms with E-state index in [9.17, 15) is 8.42 Å². The van der Waals surface area contributed by atoms with Crippen molar-refractivity contribution in [3.05, 3.63) is 64.9 Å². The maximum absolute atomic E-state index is 12.3. The van der Waals surface area contributed by atoms with E-state index < -0.39 is 10.0 Å². The number of benzene rings is 2. The molecule has 1 heterocycles. The van der Waals surface area contributed by atoms with E-state index in [1.54, 1.807) is 24.3 Å². The summed E-state index contributed by atoms with van der Waals surface area (Å²) >= 11 is 5.87. The number of sulfonamides is 1. The highest BCUT2D eigenvalue weighted by Crippen LogP contribution is 2.18. The number of hydrogen-bond acceptors (Lipinski definition) is 4. The lowest BCUT2D eigenvalue weighted by molar-refractivity contribution is 0.581. The Morgan fingerprint density at radius 2 is 1.77 bits per heavy atom. The molecule has 26 heavy (non-hydrogen) atoms. The average Bonchev–Trinajstić information content (AvgIpc) is 3.11. The number of aromatic nitrogens is 3. The SMILES string of the molecule is CCc1ccc(S(=O)(=O)NCCc2nc(-c3ccc(Cl)cc3)n[nH]2)cc1. The Labute approximate surface area is 157 Å². The number of aromatic amines is 1. The lowest BCUT2D eigenvalue weighted by Crippen LogP contribution is -2.26. The molecule has 0 radical (unpaired) electrons. The van der Waals surface area contributed by atoms with Crippen LogP contribution in [0.25, 0.3) is 11.4 Å². The highest BCUT2D eigenvalue weighted by molar-refractivity contribution is 7.89. The van der Waals surface area contributed by atoms with Crippen molar-refractivity contribution >= 4 is 21.6 Å². The van der Waals surface area contributed by atoms with Gasteiger partial charge in [0.1, 0.15) is 5.82 Å². The normalized spacial score (nSPS) is 11.6. The van der Waals surface area contributed by atoms with Gasteiger partial charge in [-0.3, -0.25) is 5.10 Å². The Morgan fingerprint density at radius 3 is 2.42 bits per heavy atom. The quantitative estimate of drug-likeness (QED) is 0.648. The highest BCUT2D eigenvalue weighted by Gasteiger charge is 2.14. The maximum atomic E-state index is 12.3. The molecule has 1 aromatic heterocycles. The van der Waals surface area contributed by atoms with Crippen LogP contribution in [0.5, 0.6) is 0 Å². The number of halogens is 1. The number of nitrogens with one attached hydrogen (secondary N) is 2. The first-order valence-corrected chi connectivity index (χ1v) is 10.1. The standard InChI is InChI=1S/C18H19ClN4O2S/c1-2-13-3-9-16(10-4-13)26(24,25)20-12-11-17-21-18(23-22-17)14-5-7-15(19)8-6-14/h3-10,20H,2,11-12H2,1H3,(H,21,22,23). The smallest absolute Gasteiger partial charge is 0.240 e. The molecule has 0 aliphatic carbocycles. The summed E-state index contributed by atoms with van der Waals surface area (Å²) in [5.74, 6) is 1.16. The van der Waals surface area contributed by atoms with Gasteiger partial charge < -0.3 is 0 Å². The number of hydrogen-bond donors (Lipinski definition) is 2. The zero-order chi connectivity index (χ0) is 18.6. The molecular weight excluding hydrogens is 372 g/mol. The molecule has 0 aliphatic heterocycles. The summed E-state index contributed by atoms with van der Waals surface area (Å²) in [4.78, 5) is 4.64. The molecule has 0 aliphatic rings. The summed E-state index contributed by atoms with van der Waals surface area (Å²) in [7, 11) is -3.53. The van der Waals surface area contributed by atoms with Gasteiger partial charge in [0.2, 0.25) is 10.0 Å². The average molecular weight is 391 g/mol. The number of H-pyrrole nitrogens is 1. The molecule has 0 fully saturated rings. The molecule has 3 rings (SSSR count). The van der Waals surface area contributed by atoms with Gasteiger partial charge in [0.05, 0.1) is 4.90 Å². The van der Waals surface area contributed by atoms with Crippen LogP contribution in [-0.4, -0.2) is 30.1 Å². The van der Waals surface area contributed by atoms with Crippen molar-refractivity contribution in [2.45, 2.75) is 24.7 Å². The second-order valence-electron chi connectivity index (χ2n) is 5.76. The van der Waals surface area contributed by atoms with Crippen LogP contribution in [0.4, 0.5) is 0 Å². The largest absolute Gasteiger partial charge is 0.263 e. The first kappa shape index (κ1) is 18.6. The minimum Gasteiger partial charge on any atom is -0.263 e. The van der Waals surface area contributed by atoms with Crippen LogP contribution < -0.4 is 4.72 Å². The van der Waals surface area contributed by atoms with Gasteiger partial charge in [0.15, 0.2) is 5.82 Å². The summed E-state index contributed by atoms with van der Waals surface area (Å²) in [6.45, 7) is 2.25. The van der Waals surface area contributed by atoms with Crippen LogP contribution in [0, 0.1) is 0 Å². The van der Waals surface area contributed by atoms with Crippen molar-refractivity contribution in [1.82, 2.24) is 19.9 Å². The van der Waals surface area contributed by atoms with Crippen molar-refractivity contribution in [3.8, 4) is 11.4 Å². The Hall–Kier alpha value is -2.22. The fraction of sp³-hybridized carbons (Fsp3) is 0.222. The third-order valence-corrected chi connectivity index (χ3v) is 5.66. The molecule has 0 bridgehead atoms. The van der Waals surface area contributed by atoms with Gasteiger partial charge in [0.25, 0.3) is 0 Å². The first-order chi connectivity index (χ1) is 12.5. The summed E-state index contributed by atoms with van der Waals surface area (Å²) in [5, 5.41) is 7.63. The molecule has 0 amide bonds. The summed E-state index contributed by atoms with van der Waals surface area (Å²) in [5.41, 5.74) is 1.94. The van der Waals surface area contributed by atoms with Crippen LogP contribution in [0.1, 0.15) is 18.3 Å². The van der Waals surface area contributed by atoms with Crippen molar-refractivity contribution in [3.63, 3.8) is 0 Å². The molecule has 0 saturated heterocycles. The van der Waals surface area contributed by atoms with Crippen molar-refractivity contribution in [1.29, 1.82) is 0 Å². The van der Waals surface area contributed by atoms with Crippen LogP contribution in [0.2, 0.25) is 5.02 Å². The third-order valence-electron chi connectivity index (χ3n) is 3.93. The minimum atomic E-state index is -3.53. The number of aryl methyl sites for hydroxylation is 1. The maximum Gasteiger partial charge on any atom is 0.240 e. The van der Waals surface area contributed by atoms with Crippen LogP contribution in [-0.2, 0) is 22.9 Å². The Bertz CT molecular complexity index is 967. The van der Waals surface area contributed by atoms with Gasteiger partial charge in [-0.05, 0) is 48.4 Å². The van der Waals surface area contributed by atoms with Gasteiger partial charge in [-0.15, -0.1) is 0 Å². The molecule has 3 aromatic rings. The highest BCUT2D eigenvalue weighted by atomic mass is 35.5. The van der Waals surface area contributed by atoms with E-state index in [0.29, 0.717) is 23.1 Å². The third kappa shape index (κ3) is 4.49. The van der Waals surface area contributed by atoms with E-state index >= 15 is 0 Å². The lowest BCUT2D eigenvalue weighted by Gasteiger charge is -2.06. The zero-order valence-electron chi connectivity index (χ0n) is 14.2. The van der Waals surface area contributed by atoms with Gasteiger partial charge in [-0.25, -0.2) is 18.1 Å². The summed E-state index contributed by atoms with van der Waals surface area (Å²) < 4.78 is 27.2. The molecule has 0 saturated carbocycles. The zero-order valence-corrected chi connectivity index (χ0v) is 15.8. The molecule has 0 unspecified atom stereocenters. The van der Waals surface area contributed by atoms with E-state index in [2.05, 4.69) is 19.9 Å². The van der Waals surface area contributed by atoms with E-state index in [1.165, 1.54) is 0 Å². The van der Waals surface area contributed by atoms with Gasteiger partial charge in [-0.1, -0.05) is 30.7 Å². The van der Waals surface area contributed by atoms with Crippen LogP contribution in [0.15, 0.2) is 53.4 Å². The molecule has 136 valence electrons. The van der Waals surface area contributed by atoms with Gasteiger partial charge in [-0.2, -0.15) is 5.10 Å². The molecule has 0 spiro atoms. The predicted octanol–water partition coefficient (Wildman–Crippen LogP) is 3.21. The monoisotopic (exact) mass is 390 g/mol. The van der Waals surface area contributed by atoms with Crippen molar-refractivity contribution in [2.24, 2.45) is 0 Å². The van der Waals surface area contributed by atoms with E-state index in [-0.39, 0.29) is 11.4 Å². The Balaban J connectivity index is 1.60. The molecular formula is C18H19ClN4O2S. The second-order valence-corrected chi connectivity index (χ2v) is 7.96. The van der Waals surface area contributed by atoms with Gasteiger partial charge in [0, 0.05) is 23.6 Å². The molecule has 0 atom stereocenters. The number of nitrogens with zero attached hydrogens (tertiary/aromatic N) is 2. The summed E-state index contributed by atoms with van der Waals surface area (Å²) in [6.07, 6.45) is 1.28. The Kier molecular flexibility index (Phi) is 5.70. The van der Waals surface area contributed by atoms with Crippen LogP contribution in [0.3, 0.4) is 0 Å². The van der Waals surface area contributed by atoms with Crippen molar-refractivity contribution in [2.75, 3.05) is 6.54 Å². The fourth-order valence-corrected chi connectivity index (χ4v) is 3.58. The predicted molar refractivity (Wildman–Crippen MR) is 102 cm³/mol. The lowest BCUT2D eigenvalue weighted by atomic mass is 10.2. The summed E-state index contributed by atoms with van der Waals surface area (Å²) in [6, 6.07) is 14.1. The van der Waals surface area contributed by atoms with Gasteiger partial charge >= 0.3 is 0 Å². The number of rotatable bonds is 7. The molecule has 8 heteroatoms. The second kappa shape index (κ2) is 7.99. The topological polar surface area (TPSA) is 87.7 Å². The fourth-order valence-electron chi connectivity index (χ4n) is 2.43. The van der Waals surface area contributed by atoms with E-state index in [0.717, 1.165) is 17.5 Å². The van der Waals surface area contributed by atoms with E-state index in [1.807, 2.05) is 31.2 Å². The molecule has 2 N–H and O–H groups in total. The molecule has 6 nitrogen and oxygen atoms in total. The van der Waals surface area contributed by atoms with Crippen LogP contribution >= 0.6 is 11.6 Å². The Morgan fingerprint density at radius 1 is 1.08 bits per heavy atom. The first-order valence-electron chi connectivity index (χ1n) is 8.24. The minimum absolute atomic E-state index is 0.229.